The van der Waals surface area contributed by atoms with Gasteiger partial charge in [0.05, 0.1) is 27.2 Å². The van der Waals surface area contributed by atoms with Crippen LogP contribution in [0.5, 0.6) is 17.2 Å². The zero-order valence-electron chi connectivity index (χ0n) is 19.6. The van der Waals surface area contributed by atoms with Gasteiger partial charge in [0.25, 0.3) is 0 Å². The average molecular weight is 461 g/mol. The summed E-state index contributed by atoms with van der Waals surface area (Å²) in [4.78, 5) is 20.5. The largest absolute Gasteiger partial charge is 0.493 e. The van der Waals surface area contributed by atoms with Gasteiger partial charge in [-0.05, 0) is 41.6 Å². The van der Waals surface area contributed by atoms with E-state index < -0.39 is 5.97 Å². The first-order valence-corrected chi connectivity index (χ1v) is 11.3. The molecule has 0 radical (unpaired) electrons. The lowest BCUT2D eigenvalue weighted by Crippen LogP contribution is -2.05. The number of aliphatic carboxylic acids is 1. The second-order valence-electron chi connectivity index (χ2n) is 8.03. The quantitative estimate of drug-likeness (QED) is 0.348. The number of para-hydroxylation sites is 1. The minimum Gasteiger partial charge on any atom is -0.493 e. The van der Waals surface area contributed by atoms with Crippen LogP contribution in [0.3, 0.4) is 0 Å². The third-order valence-electron chi connectivity index (χ3n) is 5.73. The first-order valence-electron chi connectivity index (χ1n) is 11.3. The SMILES string of the molecule is CCCc1ncc(Cc2ccc3cccc(OCCC(=O)O)c3n2)c2cc(OC)c(OC)cc12. The Labute approximate surface area is 198 Å². The summed E-state index contributed by atoms with van der Waals surface area (Å²) in [6, 6.07) is 13.7. The summed E-state index contributed by atoms with van der Waals surface area (Å²) in [5, 5.41) is 11.9. The van der Waals surface area contributed by atoms with E-state index in [9.17, 15) is 4.79 Å². The van der Waals surface area contributed by atoms with Crippen LogP contribution in [-0.4, -0.2) is 41.9 Å². The number of pyridine rings is 2. The zero-order chi connectivity index (χ0) is 24.1. The van der Waals surface area contributed by atoms with Gasteiger partial charge >= 0.3 is 5.97 Å². The molecular formula is C27H28N2O5. The summed E-state index contributed by atoms with van der Waals surface area (Å²) < 4.78 is 16.8. The molecule has 0 saturated carbocycles. The fourth-order valence-electron chi connectivity index (χ4n) is 4.07. The normalized spacial score (nSPS) is 11.0. The highest BCUT2D eigenvalue weighted by molar-refractivity contribution is 5.91. The predicted octanol–water partition coefficient (Wildman–Crippen LogP) is 5.20. The van der Waals surface area contributed by atoms with Gasteiger partial charge in [0.2, 0.25) is 0 Å². The van der Waals surface area contributed by atoms with Crippen molar-refractivity contribution < 1.29 is 24.1 Å². The van der Waals surface area contributed by atoms with Crippen LogP contribution in [0.1, 0.15) is 36.7 Å². The molecule has 34 heavy (non-hydrogen) atoms. The molecule has 7 heteroatoms. The number of carboxylic acids is 1. The number of fused-ring (bicyclic) bond motifs is 2. The monoisotopic (exact) mass is 460 g/mol. The van der Waals surface area contributed by atoms with E-state index >= 15 is 0 Å². The van der Waals surface area contributed by atoms with Crippen LogP contribution in [0.4, 0.5) is 0 Å². The fraction of sp³-hybridized carbons (Fsp3) is 0.296. The Morgan fingerprint density at radius 1 is 1.00 bits per heavy atom. The van der Waals surface area contributed by atoms with Crippen LogP contribution < -0.4 is 14.2 Å². The van der Waals surface area contributed by atoms with E-state index in [4.69, 9.17) is 29.3 Å². The Kier molecular flexibility index (Phi) is 7.11. The molecule has 7 nitrogen and oxygen atoms in total. The molecule has 1 N–H and O–H groups in total. The van der Waals surface area contributed by atoms with Gasteiger partial charge in [-0.25, -0.2) is 4.98 Å². The van der Waals surface area contributed by atoms with Crippen molar-refractivity contribution in [1.82, 2.24) is 9.97 Å². The smallest absolute Gasteiger partial charge is 0.306 e. The first-order chi connectivity index (χ1) is 16.5. The molecule has 0 spiro atoms. The molecule has 0 unspecified atom stereocenters. The number of methoxy groups -OCH3 is 2. The van der Waals surface area contributed by atoms with E-state index in [1.54, 1.807) is 14.2 Å². The van der Waals surface area contributed by atoms with E-state index in [0.717, 1.165) is 46.0 Å². The van der Waals surface area contributed by atoms with Crippen LogP contribution in [0.25, 0.3) is 21.7 Å². The summed E-state index contributed by atoms with van der Waals surface area (Å²) in [5.74, 6) is 1.03. The Balaban J connectivity index is 1.74. The minimum atomic E-state index is -0.896. The van der Waals surface area contributed by atoms with Crippen LogP contribution >= 0.6 is 0 Å². The van der Waals surface area contributed by atoms with Crippen LogP contribution in [-0.2, 0) is 17.6 Å². The number of rotatable bonds is 10. The molecule has 0 atom stereocenters. The second-order valence-corrected chi connectivity index (χ2v) is 8.03. The fourth-order valence-corrected chi connectivity index (χ4v) is 4.07. The number of carboxylic acid groups (broad SMARTS) is 1. The maximum atomic E-state index is 10.9. The molecule has 0 aliphatic carbocycles. The molecule has 2 aromatic carbocycles. The maximum absolute atomic E-state index is 10.9. The molecule has 0 aliphatic heterocycles. The van der Waals surface area contributed by atoms with Gasteiger partial charge in [-0.15, -0.1) is 0 Å². The van der Waals surface area contributed by atoms with Gasteiger partial charge in [-0.2, -0.15) is 0 Å². The van der Waals surface area contributed by atoms with E-state index in [0.29, 0.717) is 29.2 Å². The lowest BCUT2D eigenvalue weighted by molar-refractivity contribution is -0.137. The van der Waals surface area contributed by atoms with Crippen LogP contribution in [0, 0.1) is 0 Å². The second kappa shape index (κ2) is 10.4. The number of aromatic nitrogens is 2. The van der Waals surface area contributed by atoms with E-state index in [-0.39, 0.29) is 13.0 Å². The van der Waals surface area contributed by atoms with Gasteiger partial charge in [0.1, 0.15) is 11.3 Å². The minimum absolute atomic E-state index is 0.0663. The molecule has 0 amide bonds. The number of nitrogens with zero attached hydrogens (tertiary/aromatic N) is 2. The Bertz CT molecular complexity index is 1340. The molecule has 0 bridgehead atoms. The molecule has 4 rings (SSSR count). The van der Waals surface area contributed by atoms with Crippen molar-refractivity contribution in [3.8, 4) is 17.2 Å². The van der Waals surface area contributed by atoms with Crippen molar-refractivity contribution in [1.29, 1.82) is 0 Å². The van der Waals surface area contributed by atoms with Crippen molar-refractivity contribution in [3.05, 3.63) is 65.6 Å². The highest BCUT2D eigenvalue weighted by Gasteiger charge is 2.15. The van der Waals surface area contributed by atoms with E-state index in [1.165, 1.54) is 0 Å². The van der Waals surface area contributed by atoms with Crippen molar-refractivity contribution in [2.45, 2.75) is 32.6 Å². The Hall–Kier alpha value is -3.87. The van der Waals surface area contributed by atoms with Gasteiger partial charge in [0.15, 0.2) is 11.5 Å². The third-order valence-corrected chi connectivity index (χ3v) is 5.73. The van der Waals surface area contributed by atoms with Gasteiger partial charge < -0.3 is 19.3 Å². The molecule has 0 saturated heterocycles. The molecular weight excluding hydrogens is 432 g/mol. The molecule has 0 fully saturated rings. The third kappa shape index (κ3) is 4.88. The molecule has 4 aromatic rings. The number of hydrogen-bond donors (Lipinski definition) is 1. The topological polar surface area (TPSA) is 90.8 Å². The molecule has 2 heterocycles. The highest BCUT2D eigenvalue weighted by Crippen LogP contribution is 2.36. The average Bonchev–Trinajstić information content (AvgIpc) is 2.84. The van der Waals surface area contributed by atoms with Gasteiger partial charge in [-0.3, -0.25) is 9.78 Å². The summed E-state index contributed by atoms with van der Waals surface area (Å²) >= 11 is 0. The summed E-state index contributed by atoms with van der Waals surface area (Å²) in [6.07, 6.45) is 4.29. The zero-order valence-corrected chi connectivity index (χ0v) is 19.6. The number of carbonyl (C=O) groups is 1. The molecule has 176 valence electrons. The highest BCUT2D eigenvalue weighted by atomic mass is 16.5. The number of ether oxygens (including phenoxy) is 3. The Morgan fingerprint density at radius 2 is 1.76 bits per heavy atom. The van der Waals surface area contributed by atoms with E-state index in [1.807, 2.05) is 48.7 Å². The van der Waals surface area contributed by atoms with Crippen LogP contribution in [0.2, 0.25) is 0 Å². The van der Waals surface area contributed by atoms with Crippen LogP contribution in [0.15, 0.2) is 48.7 Å². The predicted molar refractivity (Wildman–Crippen MR) is 131 cm³/mol. The number of hydrogen-bond acceptors (Lipinski definition) is 6. The lowest BCUT2D eigenvalue weighted by Gasteiger charge is -2.15. The summed E-state index contributed by atoms with van der Waals surface area (Å²) in [7, 11) is 3.27. The number of aryl methyl sites for hydroxylation is 1. The van der Waals surface area contributed by atoms with Crippen molar-refractivity contribution in [3.63, 3.8) is 0 Å². The van der Waals surface area contributed by atoms with Gasteiger partial charge in [0, 0.05) is 34.8 Å². The standard InChI is InChI=1S/C27H28N2O5/c1-4-6-22-21-15-25(33-3)24(32-2)14-20(21)18(16-28-22)13-19-10-9-17-7-5-8-23(27(17)29-19)34-12-11-26(30)31/h5,7-10,14-16H,4,6,11-13H2,1-3H3,(H,30,31). The van der Waals surface area contributed by atoms with Crippen molar-refractivity contribution in [2.75, 3.05) is 20.8 Å². The van der Waals surface area contributed by atoms with Crippen molar-refractivity contribution >= 4 is 27.6 Å². The number of benzene rings is 2. The van der Waals surface area contributed by atoms with Crippen molar-refractivity contribution in [2.24, 2.45) is 0 Å². The summed E-state index contributed by atoms with van der Waals surface area (Å²) in [6.45, 7) is 2.23. The first kappa shape index (κ1) is 23.3. The molecule has 0 aliphatic rings. The lowest BCUT2D eigenvalue weighted by atomic mass is 9.99. The summed E-state index contributed by atoms with van der Waals surface area (Å²) in [5.41, 5.74) is 3.64. The van der Waals surface area contributed by atoms with E-state index in [2.05, 4.69) is 6.92 Å². The maximum Gasteiger partial charge on any atom is 0.306 e. The Morgan fingerprint density at radius 3 is 2.47 bits per heavy atom. The van der Waals surface area contributed by atoms with Gasteiger partial charge in [-0.1, -0.05) is 31.5 Å². The molecule has 2 aromatic heterocycles.